The Bertz CT molecular complexity index is 650. The number of hydrogen-bond acceptors (Lipinski definition) is 5. The Morgan fingerprint density at radius 2 is 1.77 bits per heavy atom. The fourth-order valence-electron chi connectivity index (χ4n) is 1.73. The van der Waals surface area contributed by atoms with Crippen LogP contribution < -0.4 is 14.8 Å². The van der Waals surface area contributed by atoms with Gasteiger partial charge in [-0.3, -0.25) is 4.79 Å². The van der Waals surface area contributed by atoms with E-state index in [-0.39, 0.29) is 17.4 Å². The van der Waals surface area contributed by atoms with Gasteiger partial charge in [-0.25, -0.2) is 4.79 Å². The number of hydrogen-bond donors (Lipinski definition) is 1. The first kappa shape index (κ1) is 21.3. The molecule has 0 aliphatic carbocycles. The Labute approximate surface area is 146 Å². The van der Waals surface area contributed by atoms with E-state index < -0.39 is 37.5 Å². The summed E-state index contributed by atoms with van der Waals surface area (Å²) in [7, 11) is 0. The van der Waals surface area contributed by atoms with E-state index in [1.807, 2.05) is 0 Å². The quantitative estimate of drug-likeness (QED) is 0.406. The second kappa shape index (κ2) is 10.3. The highest BCUT2D eigenvalue weighted by atomic mass is 19.3. The van der Waals surface area contributed by atoms with Gasteiger partial charge in [-0.15, -0.1) is 0 Å². The molecule has 0 heterocycles. The van der Waals surface area contributed by atoms with Crippen molar-refractivity contribution in [2.24, 2.45) is 0 Å². The van der Waals surface area contributed by atoms with Crippen molar-refractivity contribution in [3.05, 3.63) is 29.8 Å². The van der Waals surface area contributed by atoms with Crippen LogP contribution in [0.3, 0.4) is 0 Å². The highest BCUT2D eigenvalue weighted by Crippen LogP contribution is 2.28. The Balaban J connectivity index is 2.78. The molecule has 0 bridgehead atoms. The van der Waals surface area contributed by atoms with Crippen molar-refractivity contribution in [3.63, 3.8) is 0 Å². The van der Waals surface area contributed by atoms with Crippen LogP contribution in [0.1, 0.15) is 19.4 Å². The van der Waals surface area contributed by atoms with Crippen LogP contribution in [0.25, 0.3) is 6.08 Å². The molecular weight excluding hydrogens is 362 g/mol. The maximum absolute atomic E-state index is 12.4. The lowest BCUT2D eigenvalue weighted by Crippen LogP contribution is -2.33. The van der Waals surface area contributed by atoms with Gasteiger partial charge >= 0.3 is 19.2 Å². The summed E-state index contributed by atoms with van der Waals surface area (Å²) in [4.78, 5) is 22.9. The molecule has 0 aromatic heterocycles. The van der Waals surface area contributed by atoms with E-state index in [1.165, 1.54) is 0 Å². The summed E-state index contributed by atoms with van der Waals surface area (Å²) in [6.07, 6.45) is 1.95. The van der Waals surface area contributed by atoms with Crippen LogP contribution in [0.2, 0.25) is 0 Å². The van der Waals surface area contributed by atoms with Crippen LogP contribution >= 0.6 is 0 Å². The highest BCUT2D eigenvalue weighted by Gasteiger charge is 2.13. The standard InChI is InChI=1S/C16H17F4NO5/c1-9(2)21-13(22)8-24-14(23)6-4-10-3-5-11(25-15(17)18)7-12(10)26-16(19)20/h3-7,9,15-16H,8H2,1-2H3,(H,21,22)/b6-4+. The molecule has 0 spiro atoms. The number of halogens is 4. The van der Waals surface area contributed by atoms with Crippen molar-refractivity contribution >= 4 is 18.0 Å². The molecule has 0 aliphatic rings. The number of nitrogens with one attached hydrogen (secondary N) is 1. The topological polar surface area (TPSA) is 73.9 Å². The third-order valence-corrected chi connectivity index (χ3v) is 2.62. The third kappa shape index (κ3) is 8.36. The van der Waals surface area contributed by atoms with Gasteiger partial charge in [0.05, 0.1) is 0 Å². The van der Waals surface area contributed by atoms with Crippen LogP contribution in [-0.4, -0.2) is 37.7 Å². The van der Waals surface area contributed by atoms with Gasteiger partial charge in [0.15, 0.2) is 6.61 Å². The first-order valence-corrected chi connectivity index (χ1v) is 7.35. The summed E-state index contributed by atoms with van der Waals surface area (Å²) in [6.45, 7) is -3.40. The summed E-state index contributed by atoms with van der Waals surface area (Å²) in [5.41, 5.74) is -0.00417. The fourth-order valence-corrected chi connectivity index (χ4v) is 1.73. The molecule has 144 valence electrons. The number of rotatable bonds is 9. The van der Waals surface area contributed by atoms with Gasteiger partial charge in [0.2, 0.25) is 0 Å². The summed E-state index contributed by atoms with van der Waals surface area (Å²) >= 11 is 0. The second-order valence-electron chi connectivity index (χ2n) is 5.12. The van der Waals surface area contributed by atoms with Gasteiger partial charge in [-0.2, -0.15) is 17.6 Å². The number of alkyl halides is 4. The molecule has 1 amide bonds. The molecule has 0 atom stereocenters. The normalized spacial score (nSPS) is 11.3. The minimum Gasteiger partial charge on any atom is -0.452 e. The molecule has 0 saturated heterocycles. The molecule has 0 radical (unpaired) electrons. The monoisotopic (exact) mass is 379 g/mol. The van der Waals surface area contributed by atoms with Crippen molar-refractivity contribution in [2.75, 3.05) is 6.61 Å². The zero-order valence-corrected chi connectivity index (χ0v) is 13.9. The summed E-state index contributed by atoms with van der Waals surface area (Å²) in [5, 5.41) is 2.51. The van der Waals surface area contributed by atoms with E-state index in [0.29, 0.717) is 0 Å². The van der Waals surface area contributed by atoms with Crippen molar-refractivity contribution < 1.29 is 41.4 Å². The number of ether oxygens (including phenoxy) is 3. The Kier molecular flexibility index (Phi) is 8.40. The summed E-state index contributed by atoms with van der Waals surface area (Å²) < 4.78 is 62.2. The maximum Gasteiger partial charge on any atom is 0.387 e. The van der Waals surface area contributed by atoms with Crippen molar-refractivity contribution in [2.45, 2.75) is 33.1 Å². The number of benzene rings is 1. The number of carbonyl (C=O) groups is 2. The lowest BCUT2D eigenvalue weighted by Gasteiger charge is -2.11. The van der Waals surface area contributed by atoms with Crippen LogP contribution in [0, 0.1) is 0 Å². The third-order valence-electron chi connectivity index (χ3n) is 2.62. The summed E-state index contributed by atoms with van der Waals surface area (Å²) in [6, 6.07) is 2.94. The predicted molar refractivity (Wildman–Crippen MR) is 83.0 cm³/mol. The largest absolute Gasteiger partial charge is 0.452 e. The number of esters is 1. The van der Waals surface area contributed by atoms with Gasteiger partial charge in [0.1, 0.15) is 11.5 Å². The van der Waals surface area contributed by atoms with Crippen LogP contribution in [0.4, 0.5) is 17.6 Å². The van der Waals surface area contributed by atoms with E-state index in [2.05, 4.69) is 19.5 Å². The molecular formula is C16H17F4NO5. The van der Waals surface area contributed by atoms with Crippen LogP contribution in [0.15, 0.2) is 24.3 Å². The first-order chi connectivity index (χ1) is 12.2. The lowest BCUT2D eigenvalue weighted by atomic mass is 10.1. The van der Waals surface area contributed by atoms with Gasteiger partial charge < -0.3 is 19.5 Å². The zero-order chi connectivity index (χ0) is 19.7. The fraction of sp³-hybridized carbons (Fsp3) is 0.375. The Morgan fingerprint density at radius 1 is 1.12 bits per heavy atom. The van der Waals surface area contributed by atoms with Crippen molar-refractivity contribution in [3.8, 4) is 11.5 Å². The highest BCUT2D eigenvalue weighted by molar-refractivity contribution is 5.89. The first-order valence-electron chi connectivity index (χ1n) is 7.35. The average molecular weight is 379 g/mol. The molecule has 6 nitrogen and oxygen atoms in total. The number of amides is 1. The van der Waals surface area contributed by atoms with E-state index in [4.69, 9.17) is 0 Å². The molecule has 1 N–H and O–H groups in total. The molecule has 1 rings (SSSR count). The van der Waals surface area contributed by atoms with E-state index in [0.717, 1.165) is 30.4 Å². The molecule has 0 aliphatic heterocycles. The van der Waals surface area contributed by atoms with Gasteiger partial charge in [0.25, 0.3) is 5.91 Å². The smallest absolute Gasteiger partial charge is 0.387 e. The van der Waals surface area contributed by atoms with Crippen LogP contribution in [0.5, 0.6) is 11.5 Å². The van der Waals surface area contributed by atoms with Crippen LogP contribution in [-0.2, 0) is 14.3 Å². The Hall–Kier alpha value is -2.78. The van der Waals surface area contributed by atoms with Gasteiger partial charge in [0, 0.05) is 23.7 Å². The molecule has 0 saturated carbocycles. The average Bonchev–Trinajstić information content (AvgIpc) is 2.50. The number of carbonyl (C=O) groups excluding carboxylic acids is 2. The van der Waals surface area contributed by atoms with E-state index in [9.17, 15) is 27.2 Å². The summed E-state index contributed by atoms with van der Waals surface area (Å²) in [5.74, 6) is -2.27. The van der Waals surface area contributed by atoms with E-state index >= 15 is 0 Å². The predicted octanol–water partition coefficient (Wildman–Crippen LogP) is 2.97. The maximum atomic E-state index is 12.4. The van der Waals surface area contributed by atoms with Gasteiger partial charge in [-0.05, 0) is 32.1 Å². The molecule has 10 heteroatoms. The molecule has 26 heavy (non-hydrogen) atoms. The van der Waals surface area contributed by atoms with E-state index in [1.54, 1.807) is 13.8 Å². The molecule has 1 aromatic rings. The van der Waals surface area contributed by atoms with Crippen molar-refractivity contribution in [1.82, 2.24) is 5.32 Å². The Morgan fingerprint density at radius 3 is 2.35 bits per heavy atom. The minimum atomic E-state index is -3.21. The SMILES string of the molecule is CC(C)NC(=O)COC(=O)/C=C/c1ccc(OC(F)F)cc1OC(F)F. The second-order valence-corrected chi connectivity index (χ2v) is 5.12. The molecule has 1 aromatic carbocycles. The lowest BCUT2D eigenvalue weighted by molar-refractivity contribution is -0.143. The molecule has 0 unspecified atom stereocenters. The zero-order valence-electron chi connectivity index (χ0n) is 13.9. The van der Waals surface area contributed by atoms with Crippen molar-refractivity contribution in [1.29, 1.82) is 0 Å². The minimum absolute atomic E-state index is 0.00417. The van der Waals surface area contributed by atoms with Gasteiger partial charge in [-0.1, -0.05) is 0 Å². The molecule has 0 fully saturated rings.